The molecule has 5 heteroatoms. The van der Waals surface area contributed by atoms with Crippen LogP contribution in [-0.4, -0.2) is 29.5 Å². The summed E-state index contributed by atoms with van der Waals surface area (Å²) in [4.78, 5) is 15.1. The second-order valence-corrected chi connectivity index (χ2v) is 4.53. The van der Waals surface area contributed by atoms with Crippen molar-refractivity contribution in [3.8, 4) is 0 Å². The Kier molecular flexibility index (Phi) is 3.93. The molecule has 0 aromatic rings. The Morgan fingerprint density at radius 2 is 2.50 bits per heavy atom. The third-order valence-corrected chi connectivity index (χ3v) is 3.09. The number of hydrogen-bond acceptors (Lipinski definition) is 5. The molecule has 0 saturated carbocycles. The number of nitrogens with one attached hydrogen (secondary N) is 1. The van der Waals surface area contributed by atoms with E-state index in [4.69, 9.17) is 0 Å². The first kappa shape index (κ1) is 11.1. The molecule has 0 spiro atoms. The van der Waals surface area contributed by atoms with Crippen molar-refractivity contribution in [2.24, 2.45) is 10.1 Å². The Bertz CT molecular complexity index is 396. The molecule has 0 radical (unpaired) electrons. The van der Waals surface area contributed by atoms with Crippen LogP contribution in [0, 0.1) is 0 Å². The summed E-state index contributed by atoms with van der Waals surface area (Å²) < 4.78 is 0. The molecule has 0 saturated heterocycles. The summed E-state index contributed by atoms with van der Waals surface area (Å²) in [6, 6.07) is 0. The molecule has 2 aliphatic rings. The lowest BCUT2D eigenvalue weighted by molar-refractivity contribution is -0.113. The maximum atomic E-state index is 10.9. The van der Waals surface area contributed by atoms with Gasteiger partial charge in [-0.25, -0.2) is 0 Å². The number of aliphatic imine (C=N–C) groups is 1. The number of thioether (sulfide) groups is 1. The van der Waals surface area contributed by atoms with Crippen LogP contribution in [0.15, 0.2) is 33.9 Å². The minimum atomic E-state index is 0.163. The third kappa shape index (κ3) is 3.34. The molecule has 1 aliphatic carbocycles. The summed E-state index contributed by atoms with van der Waals surface area (Å²) in [7, 11) is 0. The van der Waals surface area contributed by atoms with Crippen LogP contribution in [0.3, 0.4) is 0 Å². The molecule has 1 aliphatic heterocycles. The average Bonchev–Trinajstić information content (AvgIpc) is 2.80. The minimum Gasteiger partial charge on any atom is -0.295 e. The second-order valence-electron chi connectivity index (χ2n) is 3.45. The van der Waals surface area contributed by atoms with E-state index in [0.717, 1.165) is 29.5 Å². The molecule has 0 aromatic carbocycles. The Balaban J connectivity index is 1.73. The summed E-state index contributed by atoms with van der Waals surface area (Å²) in [5, 5.41) is 4.97. The molecule has 0 bridgehead atoms. The van der Waals surface area contributed by atoms with Crippen molar-refractivity contribution < 1.29 is 4.79 Å². The zero-order valence-electron chi connectivity index (χ0n) is 8.85. The Hall–Kier alpha value is -1.36. The highest BCUT2D eigenvalue weighted by atomic mass is 32.2. The highest BCUT2D eigenvalue weighted by molar-refractivity contribution is 8.14. The van der Waals surface area contributed by atoms with Gasteiger partial charge in [0.2, 0.25) is 0 Å². The van der Waals surface area contributed by atoms with Gasteiger partial charge in [-0.3, -0.25) is 15.2 Å². The Morgan fingerprint density at radius 3 is 3.19 bits per heavy atom. The van der Waals surface area contributed by atoms with E-state index < -0.39 is 0 Å². The normalized spacial score (nSPS) is 20.1. The van der Waals surface area contributed by atoms with Gasteiger partial charge < -0.3 is 0 Å². The molecule has 1 heterocycles. The number of carbonyl (C=O) groups excluding carboxylic acids is 1. The van der Waals surface area contributed by atoms with Gasteiger partial charge in [-0.1, -0.05) is 23.9 Å². The number of amidine groups is 1. The summed E-state index contributed by atoms with van der Waals surface area (Å²) in [5.41, 5.74) is 4.02. The lowest BCUT2D eigenvalue weighted by atomic mass is 10.0. The first-order chi connectivity index (χ1) is 7.84. The number of rotatable bonds is 3. The lowest BCUT2D eigenvalue weighted by Gasteiger charge is -2.02. The largest absolute Gasteiger partial charge is 0.295 e. The van der Waals surface area contributed by atoms with Crippen molar-refractivity contribution in [3.63, 3.8) is 0 Å². The number of hydrazone groups is 1. The molecule has 0 atom stereocenters. The van der Waals surface area contributed by atoms with E-state index in [9.17, 15) is 4.79 Å². The van der Waals surface area contributed by atoms with E-state index in [1.165, 1.54) is 0 Å². The summed E-state index contributed by atoms with van der Waals surface area (Å²) in [5.74, 6) is 1.20. The smallest absolute Gasteiger partial charge is 0.177 e. The summed E-state index contributed by atoms with van der Waals surface area (Å²) in [6.07, 6.45) is 8.46. The van der Waals surface area contributed by atoms with Crippen LogP contribution in [-0.2, 0) is 4.79 Å². The Morgan fingerprint density at radius 1 is 1.56 bits per heavy atom. The van der Waals surface area contributed by atoms with E-state index in [2.05, 4.69) is 15.5 Å². The van der Waals surface area contributed by atoms with E-state index in [-0.39, 0.29) is 5.78 Å². The maximum absolute atomic E-state index is 10.9. The van der Waals surface area contributed by atoms with Crippen molar-refractivity contribution in [1.82, 2.24) is 5.43 Å². The highest BCUT2D eigenvalue weighted by Crippen LogP contribution is 2.10. The van der Waals surface area contributed by atoms with Crippen LogP contribution in [0.25, 0.3) is 0 Å². The van der Waals surface area contributed by atoms with E-state index in [0.29, 0.717) is 6.42 Å². The van der Waals surface area contributed by atoms with Gasteiger partial charge in [0, 0.05) is 24.8 Å². The molecular weight excluding hydrogens is 222 g/mol. The monoisotopic (exact) mass is 235 g/mol. The predicted molar refractivity (Wildman–Crippen MR) is 67.9 cm³/mol. The van der Waals surface area contributed by atoms with Crippen molar-refractivity contribution in [1.29, 1.82) is 0 Å². The van der Waals surface area contributed by atoms with E-state index in [1.807, 2.05) is 12.2 Å². The first-order valence-corrected chi connectivity index (χ1v) is 6.18. The van der Waals surface area contributed by atoms with Crippen molar-refractivity contribution >= 4 is 28.9 Å². The first-order valence-electron chi connectivity index (χ1n) is 5.19. The van der Waals surface area contributed by atoms with Crippen molar-refractivity contribution in [3.05, 3.63) is 23.8 Å². The van der Waals surface area contributed by atoms with Gasteiger partial charge in [0.15, 0.2) is 11.0 Å². The number of allylic oxidation sites excluding steroid dienone is 4. The topological polar surface area (TPSA) is 53.8 Å². The molecule has 0 fully saturated rings. The maximum Gasteiger partial charge on any atom is 0.177 e. The van der Waals surface area contributed by atoms with Gasteiger partial charge >= 0.3 is 0 Å². The predicted octanol–water partition coefficient (Wildman–Crippen LogP) is 1.51. The van der Waals surface area contributed by atoms with E-state index >= 15 is 0 Å². The Labute approximate surface area is 98.6 Å². The fourth-order valence-electron chi connectivity index (χ4n) is 1.37. The average molecular weight is 235 g/mol. The standard InChI is InChI=1S/C11H13N3OS/c15-10-3-1-9(2-4-10)5-6-13-14-11-12-7-8-16-11/h1-3,6H,4-5,7-8H2,(H,12,14). The number of nitrogens with zero attached hydrogens (tertiary/aromatic N) is 2. The number of hydrogen-bond donors (Lipinski definition) is 1. The van der Waals surface area contributed by atoms with Gasteiger partial charge in [0.05, 0.1) is 6.54 Å². The SMILES string of the molecule is O=C1C=CC(CC=NNC2=NCCS2)=CC1. The van der Waals surface area contributed by atoms with Crippen LogP contribution < -0.4 is 5.43 Å². The molecule has 16 heavy (non-hydrogen) atoms. The zero-order valence-corrected chi connectivity index (χ0v) is 9.67. The van der Waals surface area contributed by atoms with Crippen LogP contribution >= 0.6 is 11.8 Å². The van der Waals surface area contributed by atoms with Crippen molar-refractivity contribution in [2.75, 3.05) is 12.3 Å². The molecule has 1 N–H and O–H groups in total. The molecule has 0 amide bonds. The number of carbonyl (C=O) groups is 1. The lowest BCUT2D eigenvalue weighted by Crippen LogP contribution is -2.11. The van der Waals surface area contributed by atoms with Crippen LogP contribution in [0.5, 0.6) is 0 Å². The molecular formula is C11H13N3OS. The van der Waals surface area contributed by atoms with Crippen LogP contribution in [0.4, 0.5) is 0 Å². The number of ketones is 1. The molecule has 2 rings (SSSR count). The van der Waals surface area contributed by atoms with Gasteiger partial charge in [-0.15, -0.1) is 0 Å². The molecule has 0 unspecified atom stereocenters. The second kappa shape index (κ2) is 5.65. The fourth-order valence-corrected chi connectivity index (χ4v) is 2.05. The summed E-state index contributed by atoms with van der Waals surface area (Å²) in [6.45, 7) is 0.874. The van der Waals surface area contributed by atoms with Crippen molar-refractivity contribution in [2.45, 2.75) is 12.8 Å². The summed E-state index contributed by atoms with van der Waals surface area (Å²) >= 11 is 1.68. The molecule has 0 aromatic heterocycles. The van der Waals surface area contributed by atoms with Gasteiger partial charge in [0.25, 0.3) is 0 Å². The van der Waals surface area contributed by atoms with Gasteiger partial charge in [0.1, 0.15) is 0 Å². The van der Waals surface area contributed by atoms with Gasteiger partial charge in [-0.2, -0.15) is 5.10 Å². The third-order valence-electron chi connectivity index (χ3n) is 2.21. The van der Waals surface area contributed by atoms with E-state index in [1.54, 1.807) is 24.1 Å². The molecule has 84 valence electrons. The highest BCUT2D eigenvalue weighted by Gasteiger charge is 2.04. The quantitative estimate of drug-likeness (QED) is 0.596. The van der Waals surface area contributed by atoms with Crippen LogP contribution in [0.2, 0.25) is 0 Å². The zero-order chi connectivity index (χ0) is 11.2. The minimum absolute atomic E-state index is 0.163. The van der Waals surface area contributed by atoms with Crippen LogP contribution in [0.1, 0.15) is 12.8 Å². The fraction of sp³-hybridized carbons (Fsp3) is 0.364. The molecule has 4 nitrogen and oxygen atoms in total. The van der Waals surface area contributed by atoms with Gasteiger partial charge in [-0.05, 0) is 11.6 Å².